The minimum atomic E-state index is -0.633. The van der Waals surface area contributed by atoms with Crippen molar-refractivity contribution in [1.29, 1.82) is 0 Å². The summed E-state index contributed by atoms with van der Waals surface area (Å²) in [6.45, 7) is 4.05. The molecule has 0 spiro atoms. The maximum atomic E-state index is 13.7. The lowest BCUT2D eigenvalue weighted by molar-refractivity contribution is -0.107. The number of hydrogen-bond acceptors (Lipinski definition) is 2. The number of hydrogen-bond donors (Lipinski definition) is 0. The van der Waals surface area contributed by atoms with E-state index in [0.717, 1.165) is 5.56 Å². The van der Waals surface area contributed by atoms with Crippen LogP contribution in [0.15, 0.2) is 18.2 Å². The minimum Gasteiger partial charge on any atom is -0.352 e. The van der Waals surface area contributed by atoms with E-state index in [-0.39, 0.29) is 5.82 Å². The van der Waals surface area contributed by atoms with Crippen LogP contribution in [0.25, 0.3) is 0 Å². The van der Waals surface area contributed by atoms with Gasteiger partial charge in [-0.15, -0.1) is 0 Å². The van der Waals surface area contributed by atoms with Gasteiger partial charge < -0.3 is 9.47 Å². The summed E-state index contributed by atoms with van der Waals surface area (Å²) < 4.78 is 23.7. The van der Waals surface area contributed by atoms with E-state index in [1.54, 1.807) is 6.07 Å². The zero-order chi connectivity index (χ0) is 11.4. The van der Waals surface area contributed by atoms with Gasteiger partial charge >= 0.3 is 0 Å². The Morgan fingerprint density at radius 3 is 2.13 bits per heavy atom. The van der Waals surface area contributed by atoms with Gasteiger partial charge in [0.15, 0.2) is 6.29 Å². The molecule has 84 valence electrons. The molecule has 2 nitrogen and oxygen atoms in total. The quantitative estimate of drug-likeness (QED) is 0.713. The predicted octanol–water partition coefficient (Wildman–Crippen LogP) is 3.24. The molecule has 0 radical (unpaired) electrons. The van der Waals surface area contributed by atoms with Crippen LogP contribution < -0.4 is 0 Å². The van der Waals surface area contributed by atoms with Crippen LogP contribution >= 0.6 is 0 Å². The lowest BCUT2D eigenvalue weighted by Gasteiger charge is -2.15. The van der Waals surface area contributed by atoms with Crippen molar-refractivity contribution >= 4 is 0 Å². The predicted molar refractivity (Wildman–Crippen MR) is 57.2 cm³/mol. The summed E-state index contributed by atoms with van der Waals surface area (Å²) in [5, 5.41) is 0. The van der Waals surface area contributed by atoms with Gasteiger partial charge in [-0.1, -0.05) is 26.0 Å². The van der Waals surface area contributed by atoms with Crippen LogP contribution in [0, 0.1) is 5.82 Å². The smallest absolute Gasteiger partial charge is 0.185 e. The summed E-state index contributed by atoms with van der Waals surface area (Å²) in [6.07, 6.45) is -0.633. The molecule has 1 aromatic carbocycles. The van der Waals surface area contributed by atoms with Crippen LogP contribution in [-0.4, -0.2) is 14.2 Å². The number of rotatable bonds is 4. The van der Waals surface area contributed by atoms with Crippen molar-refractivity contribution in [3.05, 3.63) is 35.1 Å². The Hall–Kier alpha value is -0.930. The highest BCUT2D eigenvalue weighted by Gasteiger charge is 2.15. The van der Waals surface area contributed by atoms with Gasteiger partial charge in [0, 0.05) is 19.8 Å². The standard InChI is InChI=1S/C12H17FO2/c1-8(2)9-5-6-10(11(13)7-9)12(14-3)15-4/h5-8,12H,1-4H3. The fraction of sp³-hybridized carbons (Fsp3) is 0.500. The van der Waals surface area contributed by atoms with E-state index in [9.17, 15) is 4.39 Å². The zero-order valence-corrected chi connectivity index (χ0v) is 9.58. The molecule has 0 N–H and O–H groups in total. The monoisotopic (exact) mass is 212 g/mol. The van der Waals surface area contributed by atoms with Crippen LogP contribution in [0.2, 0.25) is 0 Å². The van der Waals surface area contributed by atoms with Gasteiger partial charge in [-0.05, 0) is 17.5 Å². The first-order valence-corrected chi connectivity index (χ1v) is 4.95. The first-order valence-electron chi connectivity index (χ1n) is 4.95. The molecule has 1 aromatic rings. The maximum absolute atomic E-state index is 13.7. The number of halogens is 1. The molecule has 0 bridgehead atoms. The summed E-state index contributed by atoms with van der Waals surface area (Å²) in [4.78, 5) is 0. The molecule has 0 saturated carbocycles. The van der Waals surface area contributed by atoms with Crippen molar-refractivity contribution in [1.82, 2.24) is 0 Å². The summed E-state index contributed by atoms with van der Waals surface area (Å²) in [7, 11) is 2.98. The molecule has 0 fully saturated rings. The van der Waals surface area contributed by atoms with E-state index in [0.29, 0.717) is 11.5 Å². The summed E-state index contributed by atoms with van der Waals surface area (Å²) in [5.41, 5.74) is 1.41. The first kappa shape index (κ1) is 12.1. The van der Waals surface area contributed by atoms with Gasteiger partial charge in [0.25, 0.3) is 0 Å². The van der Waals surface area contributed by atoms with E-state index >= 15 is 0 Å². The molecule has 0 aromatic heterocycles. The fourth-order valence-corrected chi connectivity index (χ4v) is 1.44. The molecule has 0 aliphatic heterocycles. The molecular weight excluding hydrogens is 195 g/mol. The van der Waals surface area contributed by atoms with Gasteiger partial charge in [0.1, 0.15) is 5.82 Å². The SMILES string of the molecule is COC(OC)c1ccc(C(C)C)cc1F. The maximum Gasteiger partial charge on any atom is 0.185 e. The first-order chi connectivity index (χ1) is 7.10. The van der Waals surface area contributed by atoms with Crippen molar-refractivity contribution in [2.24, 2.45) is 0 Å². The topological polar surface area (TPSA) is 18.5 Å². The molecule has 0 aliphatic rings. The van der Waals surface area contributed by atoms with Gasteiger partial charge in [0.2, 0.25) is 0 Å². The van der Waals surface area contributed by atoms with Crippen LogP contribution in [0.4, 0.5) is 4.39 Å². The van der Waals surface area contributed by atoms with E-state index in [2.05, 4.69) is 0 Å². The number of methoxy groups -OCH3 is 2. The lowest BCUT2D eigenvalue weighted by atomic mass is 10.0. The second-order valence-corrected chi connectivity index (χ2v) is 3.74. The molecule has 3 heteroatoms. The Bertz CT molecular complexity index is 319. The van der Waals surface area contributed by atoms with Gasteiger partial charge in [-0.2, -0.15) is 0 Å². The van der Waals surface area contributed by atoms with Crippen LogP contribution in [0.5, 0.6) is 0 Å². The lowest BCUT2D eigenvalue weighted by Crippen LogP contribution is -2.06. The minimum absolute atomic E-state index is 0.282. The Balaban J connectivity index is 3.02. The molecule has 1 rings (SSSR count). The molecule has 0 unspecified atom stereocenters. The normalized spacial score (nSPS) is 11.4. The molecule has 0 saturated heterocycles. The Kier molecular flexibility index (Phi) is 4.24. The molecule has 15 heavy (non-hydrogen) atoms. The third-order valence-corrected chi connectivity index (χ3v) is 2.37. The second-order valence-electron chi connectivity index (χ2n) is 3.74. The molecular formula is C12H17FO2. The number of ether oxygens (including phenoxy) is 2. The van der Waals surface area contributed by atoms with Crippen LogP contribution in [0.1, 0.15) is 37.2 Å². The number of benzene rings is 1. The van der Waals surface area contributed by atoms with Crippen molar-refractivity contribution in [2.75, 3.05) is 14.2 Å². The van der Waals surface area contributed by atoms with Gasteiger partial charge in [-0.3, -0.25) is 0 Å². The Labute approximate surface area is 90.0 Å². The third-order valence-electron chi connectivity index (χ3n) is 2.37. The highest BCUT2D eigenvalue weighted by Crippen LogP contribution is 2.24. The highest BCUT2D eigenvalue weighted by molar-refractivity contribution is 5.27. The van der Waals surface area contributed by atoms with E-state index in [1.807, 2.05) is 19.9 Å². The molecule has 0 atom stereocenters. The second kappa shape index (κ2) is 5.24. The van der Waals surface area contributed by atoms with Crippen molar-refractivity contribution in [3.8, 4) is 0 Å². The fourth-order valence-electron chi connectivity index (χ4n) is 1.44. The van der Waals surface area contributed by atoms with Crippen molar-refractivity contribution < 1.29 is 13.9 Å². The zero-order valence-electron chi connectivity index (χ0n) is 9.58. The van der Waals surface area contributed by atoms with Crippen LogP contribution in [0.3, 0.4) is 0 Å². The van der Waals surface area contributed by atoms with Crippen molar-refractivity contribution in [3.63, 3.8) is 0 Å². The summed E-state index contributed by atoms with van der Waals surface area (Å²) in [6, 6.07) is 5.14. The highest BCUT2D eigenvalue weighted by atomic mass is 19.1. The molecule has 0 aliphatic carbocycles. The van der Waals surface area contributed by atoms with Gasteiger partial charge in [-0.25, -0.2) is 4.39 Å². The average Bonchev–Trinajstić information content (AvgIpc) is 2.21. The van der Waals surface area contributed by atoms with Crippen molar-refractivity contribution in [2.45, 2.75) is 26.1 Å². The Morgan fingerprint density at radius 1 is 1.13 bits per heavy atom. The van der Waals surface area contributed by atoms with Crippen LogP contribution in [-0.2, 0) is 9.47 Å². The molecule has 0 amide bonds. The third kappa shape index (κ3) is 2.76. The van der Waals surface area contributed by atoms with E-state index < -0.39 is 6.29 Å². The van der Waals surface area contributed by atoms with Gasteiger partial charge in [0.05, 0.1) is 0 Å². The summed E-state index contributed by atoms with van der Waals surface area (Å²) in [5.74, 6) is 0.0342. The Morgan fingerprint density at radius 2 is 1.73 bits per heavy atom. The van der Waals surface area contributed by atoms with E-state index in [1.165, 1.54) is 20.3 Å². The average molecular weight is 212 g/mol. The van der Waals surface area contributed by atoms with E-state index in [4.69, 9.17) is 9.47 Å². The molecule has 0 heterocycles. The summed E-state index contributed by atoms with van der Waals surface area (Å²) >= 11 is 0. The largest absolute Gasteiger partial charge is 0.352 e.